The van der Waals surface area contributed by atoms with Crippen molar-refractivity contribution in [3.8, 4) is 0 Å². The minimum atomic E-state index is 0.512. The molecule has 0 amide bonds. The van der Waals surface area contributed by atoms with Crippen LogP contribution in [0.1, 0.15) is 38.8 Å². The molecule has 2 aliphatic rings. The first-order chi connectivity index (χ1) is 8.72. The van der Waals surface area contributed by atoms with Crippen LogP contribution < -0.4 is 10.2 Å². The summed E-state index contributed by atoms with van der Waals surface area (Å²) in [6, 6.07) is 5.73. The van der Waals surface area contributed by atoms with E-state index in [-0.39, 0.29) is 0 Å². The van der Waals surface area contributed by atoms with Crippen LogP contribution in [0.4, 0.5) is 5.69 Å². The molecule has 1 saturated heterocycles. The molecule has 0 aromatic carbocycles. The summed E-state index contributed by atoms with van der Waals surface area (Å²) < 4.78 is 0. The van der Waals surface area contributed by atoms with Crippen LogP contribution in [-0.2, 0) is 6.54 Å². The summed E-state index contributed by atoms with van der Waals surface area (Å²) in [7, 11) is 0. The largest absolute Gasteiger partial charge is 0.368 e. The standard InChI is InChI=1S/C15H23N3/c1-11(2)17-9-13-8-15(5-6-16-13)18-10-12-3-4-14(18)7-12/h5-6,8,11-12,14,17H,3-4,7,9-10H2,1-2H3. The minimum Gasteiger partial charge on any atom is -0.368 e. The summed E-state index contributed by atoms with van der Waals surface area (Å²) in [5, 5.41) is 3.43. The third-order valence-corrected chi connectivity index (χ3v) is 4.23. The average molecular weight is 245 g/mol. The second kappa shape index (κ2) is 4.88. The smallest absolute Gasteiger partial charge is 0.0562 e. The molecule has 2 unspecified atom stereocenters. The molecular weight excluding hydrogens is 222 g/mol. The lowest BCUT2D eigenvalue weighted by atomic mass is 10.1. The molecular formula is C15H23N3. The first kappa shape index (κ1) is 12.0. The number of piperidine rings is 1. The van der Waals surface area contributed by atoms with Crippen molar-refractivity contribution >= 4 is 5.69 Å². The van der Waals surface area contributed by atoms with E-state index in [9.17, 15) is 0 Å². The monoisotopic (exact) mass is 245 g/mol. The molecule has 2 bridgehead atoms. The molecule has 18 heavy (non-hydrogen) atoms. The number of hydrogen-bond donors (Lipinski definition) is 1. The predicted molar refractivity (Wildman–Crippen MR) is 74.7 cm³/mol. The Bertz CT molecular complexity index is 416. The van der Waals surface area contributed by atoms with Gasteiger partial charge in [0.25, 0.3) is 0 Å². The normalized spacial score (nSPS) is 26.3. The van der Waals surface area contributed by atoms with Gasteiger partial charge in [-0.3, -0.25) is 4.98 Å². The van der Waals surface area contributed by atoms with Gasteiger partial charge >= 0.3 is 0 Å². The van der Waals surface area contributed by atoms with Gasteiger partial charge in [0.15, 0.2) is 0 Å². The van der Waals surface area contributed by atoms with Crippen LogP contribution in [0.3, 0.4) is 0 Å². The van der Waals surface area contributed by atoms with Crippen LogP contribution in [0, 0.1) is 5.92 Å². The minimum absolute atomic E-state index is 0.512. The van der Waals surface area contributed by atoms with Crippen LogP contribution in [-0.4, -0.2) is 23.6 Å². The van der Waals surface area contributed by atoms with Crippen molar-refractivity contribution in [1.29, 1.82) is 0 Å². The molecule has 0 radical (unpaired) electrons. The van der Waals surface area contributed by atoms with Crippen LogP contribution in [0.5, 0.6) is 0 Å². The summed E-state index contributed by atoms with van der Waals surface area (Å²) in [6.45, 7) is 6.46. The predicted octanol–water partition coefficient (Wildman–Crippen LogP) is 2.57. The molecule has 1 aliphatic carbocycles. The van der Waals surface area contributed by atoms with Gasteiger partial charge in [-0.15, -0.1) is 0 Å². The number of anilines is 1. The average Bonchev–Trinajstić information content (AvgIpc) is 2.99. The number of nitrogens with zero attached hydrogens (tertiary/aromatic N) is 2. The zero-order valence-electron chi connectivity index (χ0n) is 11.4. The number of rotatable bonds is 4. The number of fused-ring (bicyclic) bond motifs is 2. The van der Waals surface area contributed by atoms with E-state index >= 15 is 0 Å². The Morgan fingerprint density at radius 1 is 1.44 bits per heavy atom. The van der Waals surface area contributed by atoms with Crippen LogP contribution >= 0.6 is 0 Å². The van der Waals surface area contributed by atoms with Crippen LogP contribution in [0.25, 0.3) is 0 Å². The Morgan fingerprint density at radius 2 is 2.33 bits per heavy atom. The summed E-state index contributed by atoms with van der Waals surface area (Å²) in [5.74, 6) is 0.945. The third kappa shape index (κ3) is 2.37. The van der Waals surface area contributed by atoms with E-state index in [2.05, 4.69) is 41.2 Å². The molecule has 3 heteroatoms. The van der Waals surface area contributed by atoms with Gasteiger partial charge in [0, 0.05) is 37.1 Å². The van der Waals surface area contributed by atoms with E-state index in [4.69, 9.17) is 0 Å². The van der Waals surface area contributed by atoms with Crippen LogP contribution in [0.15, 0.2) is 18.3 Å². The topological polar surface area (TPSA) is 28.2 Å². The van der Waals surface area contributed by atoms with Gasteiger partial charge in [-0.1, -0.05) is 13.8 Å². The van der Waals surface area contributed by atoms with Gasteiger partial charge < -0.3 is 10.2 Å². The fourth-order valence-electron chi connectivity index (χ4n) is 3.29. The Balaban J connectivity index is 1.71. The summed E-state index contributed by atoms with van der Waals surface area (Å²) in [4.78, 5) is 7.05. The van der Waals surface area contributed by atoms with Gasteiger partial charge in [-0.2, -0.15) is 0 Å². The molecule has 98 valence electrons. The first-order valence-electron chi connectivity index (χ1n) is 7.17. The Kier molecular flexibility index (Phi) is 3.25. The zero-order valence-corrected chi connectivity index (χ0v) is 11.4. The Hall–Kier alpha value is -1.09. The van der Waals surface area contributed by atoms with E-state index in [1.165, 1.54) is 31.5 Å². The van der Waals surface area contributed by atoms with Gasteiger partial charge in [0.2, 0.25) is 0 Å². The van der Waals surface area contributed by atoms with Crippen molar-refractivity contribution in [3.63, 3.8) is 0 Å². The molecule has 0 spiro atoms. The zero-order chi connectivity index (χ0) is 12.5. The second-order valence-electron chi connectivity index (χ2n) is 6.03. The number of nitrogens with one attached hydrogen (secondary N) is 1. The van der Waals surface area contributed by atoms with E-state index in [1.54, 1.807) is 0 Å². The highest BCUT2D eigenvalue weighted by atomic mass is 15.2. The fraction of sp³-hybridized carbons (Fsp3) is 0.667. The van der Waals surface area contributed by atoms with E-state index < -0.39 is 0 Å². The van der Waals surface area contributed by atoms with Crippen LogP contribution in [0.2, 0.25) is 0 Å². The molecule has 1 N–H and O–H groups in total. The maximum atomic E-state index is 4.46. The molecule has 2 fully saturated rings. The molecule has 1 saturated carbocycles. The van der Waals surface area contributed by atoms with Gasteiger partial charge in [0.05, 0.1) is 5.69 Å². The van der Waals surface area contributed by atoms with Gasteiger partial charge in [-0.05, 0) is 37.3 Å². The Labute approximate surface area is 110 Å². The maximum absolute atomic E-state index is 4.46. The molecule has 1 aromatic rings. The van der Waals surface area contributed by atoms with Gasteiger partial charge in [0.1, 0.15) is 0 Å². The van der Waals surface area contributed by atoms with E-state index in [0.717, 1.165) is 24.2 Å². The maximum Gasteiger partial charge on any atom is 0.0562 e. The molecule has 1 aliphatic heterocycles. The van der Waals surface area contributed by atoms with Crippen molar-refractivity contribution in [3.05, 3.63) is 24.0 Å². The molecule has 2 atom stereocenters. The fourth-order valence-corrected chi connectivity index (χ4v) is 3.29. The summed E-state index contributed by atoms with van der Waals surface area (Å²) >= 11 is 0. The third-order valence-electron chi connectivity index (χ3n) is 4.23. The quantitative estimate of drug-likeness (QED) is 0.883. The lowest BCUT2D eigenvalue weighted by Gasteiger charge is -2.29. The Morgan fingerprint density at radius 3 is 3.00 bits per heavy atom. The van der Waals surface area contributed by atoms with E-state index in [1.807, 2.05) is 6.20 Å². The van der Waals surface area contributed by atoms with Crippen molar-refractivity contribution < 1.29 is 0 Å². The molecule has 2 heterocycles. The highest BCUT2D eigenvalue weighted by Crippen LogP contribution is 2.40. The number of aromatic nitrogens is 1. The van der Waals surface area contributed by atoms with Crippen molar-refractivity contribution in [2.75, 3.05) is 11.4 Å². The van der Waals surface area contributed by atoms with Crippen molar-refractivity contribution in [1.82, 2.24) is 10.3 Å². The highest BCUT2D eigenvalue weighted by molar-refractivity contribution is 5.49. The molecule has 1 aromatic heterocycles. The lowest BCUT2D eigenvalue weighted by Crippen LogP contribution is -2.32. The number of hydrogen-bond acceptors (Lipinski definition) is 3. The van der Waals surface area contributed by atoms with Gasteiger partial charge in [-0.25, -0.2) is 0 Å². The lowest BCUT2D eigenvalue weighted by molar-refractivity contribution is 0.552. The SMILES string of the molecule is CC(C)NCc1cc(N2CC3CCC2C3)ccn1. The van der Waals surface area contributed by atoms with E-state index in [0.29, 0.717) is 6.04 Å². The first-order valence-corrected chi connectivity index (χ1v) is 7.17. The molecule has 3 nitrogen and oxygen atoms in total. The highest BCUT2D eigenvalue weighted by Gasteiger charge is 2.37. The van der Waals surface area contributed by atoms with Crippen molar-refractivity contribution in [2.24, 2.45) is 5.92 Å². The number of pyridine rings is 1. The van der Waals surface area contributed by atoms with Crippen molar-refractivity contribution in [2.45, 2.75) is 51.7 Å². The summed E-state index contributed by atoms with van der Waals surface area (Å²) in [5.41, 5.74) is 2.53. The molecule has 3 rings (SSSR count). The second-order valence-corrected chi connectivity index (χ2v) is 6.03. The summed E-state index contributed by atoms with van der Waals surface area (Å²) in [6.07, 6.45) is 6.18.